The molecule has 0 aromatic carbocycles. The number of hydrogen-bond acceptors (Lipinski definition) is 5. The van der Waals surface area contributed by atoms with Crippen LogP contribution in [0.25, 0.3) is 0 Å². The summed E-state index contributed by atoms with van der Waals surface area (Å²) in [7, 11) is 0. The van der Waals surface area contributed by atoms with E-state index in [1.165, 1.54) is 4.88 Å². The van der Waals surface area contributed by atoms with Crippen molar-refractivity contribution in [1.82, 2.24) is 4.90 Å². The second-order valence-electron chi connectivity index (χ2n) is 3.94. The fourth-order valence-electron chi connectivity index (χ4n) is 1.99. The minimum atomic E-state index is 0.667. The number of fused-ring (bicyclic) bond motifs is 1. The molecule has 4 nitrogen and oxygen atoms in total. The van der Waals surface area contributed by atoms with Gasteiger partial charge in [0.05, 0.1) is 18.1 Å². The Kier molecular flexibility index (Phi) is 2.99. The van der Waals surface area contributed by atoms with Crippen LogP contribution in [0.3, 0.4) is 0 Å². The lowest BCUT2D eigenvalue weighted by Gasteiger charge is -2.26. The number of ether oxygens (including phenoxy) is 3. The molecule has 0 N–H and O–H groups in total. The van der Waals surface area contributed by atoms with Gasteiger partial charge in [0.1, 0.15) is 13.2 Å². The summed E-state index contributed by atoms with van der Waals surface area (Å²) in [5.74, 6) is 1.88. The maximum absolute atomic E-state index is 5.66. The zero-order valence-electron chi connectivity index (χ0n) is 9.11. The SMILES string of the molecule is c1sc(CN2CCOCC2)c2c1OCCO2. The lowest BCUT2D eigenvalue weighted by molar-refractivity contribution is 0.0340. The topological polar surface area (TPSA) is 30.9 Å². The van der Waals surface area contributed by atoms with E-state index in [2.05, 4.69) is 4.90 Å². The van der Waals surface area contributed by atoms with Crippen molar-refractivity contribution >= 4 is 11.3 Å². The molecule has 0 spiro atoms. The minimum absolute atomic E-state index is 0.667. The second-order valence-corrected chi connectivity index (χ2v) is 4.90. The quantitative estimate of drug-likeness (QED) is 0.782. The first kappa shape index (κ1) is 10.4. The molecule has 1 saturated heterocycles. The van der Waals surface area contributed by atoms with Crippen molar-refractivity contribution in [2.75, 3.05) is 39.5 Å². The summed E-state index contributed by atoms with van der Waals surface area (Å²) in [5, 5.41) is 2.05. The third-order valence-electron chi connectivity index (χ3n) is 2.84. The van der Waals surface area contributed by atoms with Crippen LogP contribution in [0.15, 0.2) is 5.38 Å². The first-order valence-electron chi connectivity index (χ1n) is 5.59. The maximum Gasteiger partial charge on any atom is 0.176 e. The fourth-order valence-corrected chi connectivity index (χ4v) is 2.94. The molecule has 0 bridgehead atoms. The van der Waals surface area contributed by atoms with Gasteiger partial charge in [-0.25, -0.2) is 0 Å². The summed E-state index contributed by atoms with van der Waals surface area (Å²) < 4.78 is 16.5. The second kappa shape index (κ2) is 4.61. The Morgan fingerprint density at radius 2 is 1.94 bits per heavy atom. The van der Waals surface area contributed by atoms with Crippen LogP contribution in [0.5, 0.6) is 11.5 Å². The van der Waals surface area contributed by atoms with Gasteiger partial charge in [-0.1, -0.05) is 0 Å². The van der Waals surface area contributed by atoms with Gasteiger partial charge in [0.2, 0.25) is 0 Å². The highest BCUT2D eigenvalue weighted by Gasteiger charge is 2.21. The van der Waals surface area contributed by atoms with E-state index in [9.17, 15) is 0 Å². The van der Waals surface area contributed by atoms with Gasteiger partial charge in [-0.3, -0.25) is 4.90 Å². The summed E-state index contributed by atoms with van der Waals surface area (Å²) in [6.07, 6.45) is 0. The van der Waals surface area contributed by atoms with E-state index in [0.717, 1.165) is 44.3 Å². The fraction of sp³-hybridized carbons (Fsp3) is 0.636. The van der Waals surface area contributed by atoms with Crippen molar-refractivity contribution in [2.45, 2.75) is 6.54 Å². The normalized spacial score (nSPS) is 21.0. The van der Waals surface area contributed by atoms with Crippen LogP contribution in [0.2, 0.25) is 0 Å². The Bertz CT molecular complexity index is 360. The summed E-state index contributed by atoms with van der Waals surface area (Å²) in [6.45, 7) is 5.98. The Hall–Kier alpha value is -0.780. The first-order valence-corrected chi connectivity index (χ1v) is 6.47. The molecule has 0 radical (unpaired) electrons. The molecule has 88 valence electrons. The molecule has 2 aliphatic rings. The van der Waals surface area contributed by atoms with Crippen LogP contribution >= 0.6 is 11.3 Å². The summed E-state index contributed by atoms with van der Waals surface area (Å²) >= 11 is 1.73. The lowest BCUT2D eigenvalue weighted by Crippen LogP contribution is -2.35. The molecule has 1 aromatic heterocycles. The van der Waals surface area contributed by atoms with Crippen molar-refractivity contribution < 1.29 is 14.2 Å². The molecule has 0 amide bonds. The highest BCUT2D eigenvalue weighted by molar-refractivity contribution is 7.10. The largest absolute Gasteiger partial charge is 0.485 e. The molecule has 3 heterocycles. The van der Waals surface area contributed by atoms with Crippen LogP contribution in [-0.2, 0) is 11.3 Å². The molecule has 0 atom stereocenters. The van der Waals surface area contributed by atoms with Crippen molar-refractivity contribution in [1.29, 1.82) is 0 Å². The Morgan fingerprint density at radius 3 is 2.81 bits per heavy atom. The first-order chi connectivity index (χ1) is 7.93. The predicted octanol–water partition coefficient (Wildman–Crippen LogP) is 1.35. The number of thiophene rings is 1. The standard InChI is InChI=1S/C11H15NO3S/c1-3-13-4-2-12(1)7-10-11-9(8-16-10)14-5-6-15-11/h8H,1-7H2. The molecule has 5 heteroatoms. The van der Waals surface area contributed by atoms with Gasteiger partial charge in [0, 0.05) is 25.0 Å². The smallest absolute Gasteiger partial charge is 0.176 e. The average Bonchev–Trinajstić information content (AvgIpc) is 2.74. The molecule has 0 aliphatic carbocycles. The van der Waals surface area contributed by atoms with Gasteiger partial charge in [0.25, 0.3) is 0 Å². The van der Waals surface area contributed by atoms with Crippen molar-refractivity contribution in [3.05, 3.63) is 10.3 Å². The summed E-state index contributed by atoms with van der Waals surface area (Å²) in [4.78, 5) is 3.67. The summed E-state index contributed by atoms with van der Waals surface area (Å²) in [6, 6.07) is 0. The van der Waals surface area contributed by atoms with Crippen LogP contribution in [0.4, 0.5) is 0 Å². The zero-order valence-corrected chi connectivity index (χ0v) is 9.92. The van der Waals surface area contributed by atoms with Gasteiger partial charge in [-0.15, -0.1) is 11.3 Å². The molecule has 3 rings (SSSR count). The Balaban J connectivity index is 1.71. The predicted molar refractivity (Wildman–Crippen MR) is 61.4 cm³/mol. The van der Waals surface area contributed by atoms with Crippen molar-refractivity contribution in [2.24, 2.45) is 0 Å². The average molecular weight is 241 g/mol. The van der Waals surface area contributed by atoms with Crippen LogP contribution in [0, 0.1) is 0 Å². The van der Waals surface area contributed by atoms with E-state index >= 15 is 0 Å². The highest BCUT2D eigenvalue weighted by Crippen LogP contribution is 2.39. The van der Waals surface area contributed by atoms with E-state index in [4.69, 9.17) is 14.2 Å². The molecular formula is C11H15NO3S. The molecular weight excluding hydrogens is 226 g/mol. The van der Waals surface area contributed by atoms with E-state index in [0.29, 0.717) is 13.2 Å². The van der Waals surface area contributed by atoms with Gasteiger partial charge in [0.15, 0.2) is 11.5 Å². The molecule has 1 fully saturated rings. The lowest BCUT2D eigenvalue weighted by atomic mass is 10.3. The van der Waals surface area contributed by atoms with Crippen LogP contribution < -0.4 is 9.47 Å². The van der Waals surface area contributed by atoms with E-state index in [1.807, 2.05) is 5.38 Å². The monoisotopic (exact) mass is 241 g/mol. The number of nitrogens with zero attached hydrogens (tertiary/aromatic N) is 1. The van der Waals surface area contributed by atoms with E-state index in [1.54, 1.807) is 11.3 Å². The maximum atomic E-state index is 5.66. The zero-order chi connectivity index (χ0) is 10.8. The van der Waals surface area contributed by atoms with E-state index < -0.39 is 0 Å². The van der Waals surface area contributed by atoms with Crippen molar-refractivity contribution in [3.8, 4) is 11.5 Å². The van der Waals surface area contributed by atoms with E-state index in [-0.39, 0.29) is 0 Å². The van der Waals surface area contributed by atoms with Gasteiger partial charge in [-0.05, 0) is 0 Å². The van der Waals surface area contributed by atoms with Crippen LogP contribution in [-0.4, -0.2) is 44.4 Å². The van der Waals surface area contributed by atoms with Gasteiger partial charge < -0.3 is 14.2 Å². The minimum Gasteiger partial charge on any atom is -0.485 e. The Morgan fingerprint density at radius 1 is 1.12 bits per heavy atom. The molecule has 1 aromatic rings. The van der Waals surface area contributed by atoms with Crippen molar-refractivity contribution in [3.63, 3.8) is 0 Å². The molecule has 16 heavy (non-hydrogen) atoms. The van der Waals surface area contributed by atoms with Gasteiger partial charge >= 0.3 is 0 Å². The molecule has 2 aliphatic heterocycles. The number of hydrogen-bond donors (Lipinski definition) is 0. The Labute approximate surface area is 98.7 Å². The van der Waals surface area contributed by atoms with Crippen LogP contribution in [0.1, 0.15) is 4.88 Å². The third-order valence-corrected chi connectivity index (χ3v) is 3.77. The number of rotatable bonds is 2. The molecule has 0 saturated carbocycles. The van der Waals surface area contributed by atoms with Gasteiger partial charge in [-0.2, -0.15) is 0 Å². The third kappa shape index (κ3) is 2.03. The highest BCUT2D eigenvalue weighted by atomic mass is 32.1. The summed E-state index contributed by atoms with van der Waals surface area (Å²) in [5.41, 5.74) is 0. The molecule has 0 unspecified atom stereocenters. The number of morpholine rings is 1.